The molecule has 1 radical (unpaired) electrons. The number of aryl methyl sites for hydroxylation is 1. The molecule has 0 fully saturated rings. The zero-order chi connectivity index (χ0) is 6.81. The van der Waals surface area contributed by atoms with Gasteiger partial charge >= 0.3 is 0 Å². The molecule has 1 aliphatic rings. The first-order valence-corrected chi connectivity index (χ1v) is 4.68. The summed E-state index contributed by atoms with van der Waals surface area (Å²) in [5.74, 6) is 2.46. The lowest BCUT2D eigenvalue weighted by Gasteiger charge is -2.13. The van der Waals surface area contributed by atoms with Crippen molar-refractivity contribution in [3.05, 3.63) is 35.4 Å². The summed E-state index contributed by atoms with van der Waals surface area (Å²) >= 11 is 2.02. The molecule has 1 aromatic rings. The van der Waals surface area contributed by atoms with Crippen LogP contribution in [0.1, 0.15) is 11.1 Å². The number of rotatable bonds is 0. The average Bonchev–Trinajstić information content (AvgIpc) is 2.05. The molecular weight excluding hydrogens is 140 g/mol. The predicted octanol–water partition coefficient (Wildman–Crippen LogP) is 2.28. The molecule has 0 amide bonds. The number of thioether (sulfide) groups is 1. The van der Waals surface area contributed by atoms with Crippen molar-refractivity contribution in [2.24, 2.45) is 0 Å². The van der Waals surface area contributed by atoms with Gasteiger partial charge in [-0.15, -0.1) is 0 Å². The third-order valence-electron chi connectivity index (χ3n) is 1.79. The Morgan fingerprint density at radius 3 is 3.40 bits per heavy atom. The highest BCUT2D eigenvalue weighted by atomic mass is 32.2. The van der Waals surface area contributed by atoms with Crippen LogP contribution >= 0.6 is 11.8 Å². The summed E-state index contributed by atoms with van der Waals surface area (Å²) in [6, 6.07) is 9.56. The first-order chi connectivity index (χ1) is 4.97. The number of hydrogen-bond acceptors (Lipinski definition) is 1. The van der Waals surface area contributed by atoms with Gasteiger partial charge in [0, 0.05) is 5.75 Å². The van der Waals surface area contributed by atoms with Gasteiger partial charge in [-0.2, -0.15) is 11.8 Å². The van der Waals surface area contributed by atoms with Crippen molar-refractivity contribution in [2.75, 3.05) is 5.75 Å². The van der Waals surface area contributed by atoms with Crippen LogP contribution < -0.4 is 0 Å². The minimum absolute atomic E-state index is 1.19. The summed E-state index contributed by atoms with van der Waals surface area (Å²) in [6.07, 6.45) is 1.21. The van der Waals surface area contributed by atoms with Crippen LogP contribution in [0.15, 0.2) is 18.2 Å². The SMILES string of the molecule is [c]1cccc2c1CCSC2. The summed E-state index contributed by atoms with van der Waals surface area (Å²) in [7, 11) is 0. The van der Waals surface area contributed by atoms with Crippen LogP contribution in [0.3, 0.4) is 0 Å². The minimum Gasteiger partial charge on any atom is -0.157 e. The fourth-order valence-electron chi connectivity index (χ4n) is 1.23. The summed E-state index contributed by atoms with van der Waals surface area (Å²) in [5, 5.41) is 0. The van der Waals surface area contributed by atoms with Gasteiger partial charge in [-0.25, -0.2) is 0 Å². The molecule has 0 nitrogen and oxygen atoms in total. The van der Waals surface area contributed by atoms with Crippen molar-refractivity contribution in [1.82, 2.24) is 0 Å². The van der Waals surface area contributed by atoms with E-state index in [-0.39, 0.29) is 0 Å². The van der Waals surface area contributed by atoms with Gasteiger partial charge in [0.1, 0.15) is 0 Å². The van der Waals surface area contributed by atoms with Crippen molar-refractivity contribution in [1.29, 1.82) is 0 Å². The van der Waals surface area contributed by atoms with Crippen LogP contribution in [0.4, 0.5) is 0 Å². The van der Waals surface area contributed by atoms with Gasteiger partial charge in [-0.1, -0.05) is 18.2 Å². The molecule has 0 unspecified atom stereocenters. The van der Waals surface area contributed by atoms with Gasteiger partial charge < -0.3 is 0 Å². The van der Waals surface area contributed by atoms with E-state index in [1.54, 1.807) is 0 Å². The standard InChI is InChI=1S/C9H9S/c1-2-4-9-7-10-6-5-8(9)3-1/h1-2,4H,5-7H2. The van der Waals surface area contributed by atoms with Crippen molar-refractivity contribution in [2.45, 2.75) is 12.2 Å². The molecule has 0 aliphatic carbocycles. The maximum absolute atomic E-state index is 3.28. The Hall–Kier alpha value is -0.430. The fraction of sp³-hybridized carbons (Fsp3) is 0.333. The lowest BCUT2D eigenvalue weighted by Crippen LogP contribution is -2.00. The Kier molecular flexibility index (Phi) is 1.68. The molecule has 0 spiro atoms. The fourth-order valence-corrected chi connectivity index (χ4v) is 2.21. The summed E-state index contributed by atoms with van der Waals surface area (Å²) in [4.78, 5) is 0. The first-order valence-electron chi connectivity index (χ1n) is 3.53. The van der Waals surface area contributed by atoms with Gasteiger partial charge in [0.25, 0.3) is 0 Å². The Labute approximate surface area is 65.6 Å². The minimum atomic E-state index is 1.19. The third-order valence-corrected chi connectivity index (χ3v) is 2.80. The highest BCUT2D eigenvalue weighted by Crippen LogP contribution is 2.23. The molecule has 1 heteroatoms. The van der Waals surface area contributed by atoms with E-state index >= 15 is 0 Å². The molecule has 0 saturated heterocycles. The van der Waals surface area contributed by atoms with Gasteiger partial charge in [0.2, 0.25) is 0 Å². The Morgan fingerprint density at radius 2 is 2.50 bits per heavy atom. The second-order valence-electron chi connectivity index (χ2n) is 2.48. The van der Waals surface area contributed by atoms with Crippen LogP contribution in [0.5, 0.6) is 0 Å². The van der Waals surface area contributed by atoms with E-state index in [0.29, 0.717) is 0 Å². The lowest BCUT2D eigenvalue weighted by molar-refractivity contribution is 1.08. The van der Waals surface area contributed by atoms with Crippen LogP contribution in [0, 0.1) is 6.07 Å². The summed E-state index contributed by atoms with van der Waals surface area (Å²) in [5.41, 5.74) is 2.92. The first kappa shape index (κ1) is 6.29. The normalized spacial score (nSPS) is 16.4. The molecule has 51 valence electrons. The molecule has 1 aromatic carbocycles. The van der Waals surface area contributed by atoms with E-state index in [1.807, 2.05) is 17.8 Å². The predicted molar refractivity (Wildman–Crippen MR) is 45.1 cm³/mol. The molecular formula is C9H9S. The molecule has 0 aromatic heterocycles. The number of benzene rings is 1. The molecule has 10 heavy (non-hydrogen) atoms. The Morgan fingerprint density at radius 1 is 1.50 bits per heavy atom. The van der Waals surface area contributed by atoms with Crippen molar-refractivity contribution in [3.8, 4) is 0 Å². The van der Waals surface area contributed by atoms with Crippen LogP contribution in [0.2, 0.25) is 0 Å². The van der Waals surface area contributed by atoms with Crippen molar-refractivity contribution >= 4 is 11.8 Å². The topological polar surface area (TPSA) is 0 Å². The quantitative estimate of drug-likeness (QED) is 0.545. The summed E-state index contributed by atoms with van der Waals surface area (Å²) in [6.45, 7) is 0. The number of fused-ring (bicyclic) bond motifs is 1. The maximum Gasteiger partial charge on any atom is 0.0187 e. The van der Waals surface area contributed by atoms with Gasteiger partial charge in [-0.3, -0.25) is 0 Å². The van der Waals surface area contributed by atoms with E-state index in [9.17, 15) is 0 Å². The third kappa shape index (κ3) is 1.06. The van der Waals surface area contributed by atoms with E-state index in [4.69, 9.17) is 0 Å². The zero-order valence-corrected chi connectivity index (χ0v) is 6.58. The van der Waals surface area contributed by atoms with E-state index in [1.165, 1.54) is 29.1 Å². The lowest BCUT2D eigenvalue weighted by atomic mass is 10.1. The molecule has 1 heterocycles. The average molecular weight is 149 g/mol. The van der Waals surface area contributed by atoms with Gasteiger partial charge in [0.15, 0.2) is 0 Å². The van der Waals surface area contributed by atoms with Crippen LogP contribution in [0.25, 0.3) is 0 Å². The smallest absolute Gasteiger partial charge is 0.0187 e. The van der Waals surface area contributed by atoms with Crippen molar-refractivity contribution in [3.63, 3.8) is 0 Å². The maximum atomic E-state index is 3.28. The van der Waals surface area contributed by atoms with Crippen LogP contribution in [-0.4, -0.2) is 5.75 Å². The second-order valence-corrected chi connectivity index (χ2v) is 3.58. The Bertz CT molecular complexity index is 205. The molecule has 0 saturated carbocycles. The van der Waals surface area contributed by atoms with Crippen molar-refractivity contribution < 1.29 is 0 Å². The Balaban J connectivity index is 2.41. The summed E-state index contributed by atoms with van der Waals surface area (Å²) < 4.78 is 0. The monoisotopic (exact) mass is 149 g/mol. The molecule has 0 N–H and O–H groups in total. The molecule has 0 atom stereocenters. The van der Waals surface area contributed by atoms with Gasteiger partial charge in [-0.05, 0) is 29.4 Å². The zero-order valence-electron chi connectivity index (χ0n) is 5.76. The molecule has 2 rings (SSSR count). The molecule has 1 aliphatic heterocycles. The number of hydrogen-bond donors (Lipinski definition) is 0. The second kappa shape index (κ2) is 2.67. The van der Waals surface area contributed by atoms with E-state index < -0.39 is 0 Å². The van der Waals surface area contributed by atoms with Crippen LogP contribution in [-0.2, 0) is 12.2 Å². The van der Waals surface area contributed by atoms with E-state index in [0.717, 1.165) is 0 Å². The highest BCUT2D eigenvalue weighted by Gasteiger charge is 2.06. The van der Waals surface area contributed by atoms with Gasteiger partial charge in [0.05, 0.1) is 0 Å². The van der Waals surface area contributed by atoms with E-state index in [2.05, 4.69) is 18.2 Å². The largest absolute Gasteiger partial charge is 0.157 e. The highest BCUT2D eigenvalue weighted by molar-refractivity contribution is 7.98. The molecule has 0 bridgehead atoms.